The van der Waals surface area contributed by atoms with E-state index in [9.17, 15) is 18.0 Å². The predicted molar refractivity (Wildman–Crippen MR) is 57.9 cm³/mol. The monoisotopic (exact) mass is 279 g/mol. The lowest BCUT2D eigenvalue weighted by molar-refractivity contribution is -0.275. The molecule has 0 N–H and O–H groups in total. The van der Waals surface area contributed by atoms with Gasteiger partial charge in [-0.25, -0.2) is 4.98 Å². The summed E-state index contributed by atoms with van der Waals surface area (Å²) in [5.41, 5.74) is 0.390. The van der Waals surface area contributed by atoms with Gasteiger partial charge in [0.2, 0.25) is 0 Å². The van der Waals surface area contributed by atoms with E-state index >= 15 is 0 Å². The fraction of sp³-hybridized carbons (Fsp3) is 0.455. The van der Waals surface area contributed by atoms with E-state index in [4.69, 9.17) is 4.74 Å². The predicted octanol–water partition coefficient (Wildman–Crippen LogP) is 2.01. The fourth-order valence-electron chi connectivity index (χ4n) is 1.39. The Morgan fingerprint density at radius 2 is 2.00 bits per heavy atom. The van der Waals surface area contributed by atoms with Gasteiger partial charge in [0.15, 0.2) is 5.75 Å². The number of methoxy groups -OCH3 is 2. The molecule has 0 unspecified atom stereocenters. The van der Waals surface area contributed by atoms with E-state index in [0.717, 1.165) is 0 Å². The van der Waals surface area contributed by atoms with Crippen LogP contribution in [0.2, 0.25) is 0 Å². The molecule has 0 fully saturated rings. The lowest BCUT2D eigenvalue weighted by Crippen LogP contribution is -2.19. The number of nitrogens with zero attached hydrogens (tertiary/aromatic N) is 1. The maximum atomic E-state index is 12.3. The molecule has 0 spiro atoms. The van der Waals surface area contributed by atoms with E-state index < -0.39 is 18.1 Å². The fourth-order valence-corrected chi connectivity index (χ4v) is 1.39. The number of ether oxygens (including phenoxy) is 3. The molecule has 19 heavy (non-hydrogen) atoms. The Bertz CT molecular complexity index is 474. The lowest BCUT2D eigenvalue weighted by atomic mass is 10.1. The van der Waals surface area contributed by atoms with Gasteiger partial charge in [0.25, 0.3) is 5.88 Å². The summed E-state index contributed by atoms with van der Waals surface area (Å²) >= 11 is 0. The smallest absolute Gasteiger partial charge is 0.478 e. The zero-order valence-electron chi connectivity index (χ0n) is 10.5. The van der Waals surface area contributed by atoms with Gasteiger partial charge in [0, 0.05) is 11.8 Å². The zero-order valence-corrected chi connectivity index (χ0v) is 10.5. The minimum absolute atomic E-state index is 0.120. The van der Waals surface area contributed by atoms with Gasteiger partial charge >= 0.3 is 12.3 Å². The van der Waals surface area contributed by atoms with Gasteiger partial charge in [0.1, 0.15) is 0 Å². The highest BCUT2D eigenvalue weighted by Gasteiger charge is 2.34. The van der Waals surface area contributed by atoms with Crippen molar-refractivity contribution < 1.29 is 32.2 Å². The average molecular weight is 279 g/mol. The molecule has 0 saturated heterocycles. The second-order valence-electron chi connectivity index (χ2n) is 3.55. The van der Waals surface area contributed by atoms with E-state index in [-0.39, 0.29) is 23.4 Å². The summed E-state index contributed by atoms with van der Waals surface area (Å²) < 4.78 is 49.9. The molecule has 0 aliphatic carbocycles. The van der Waals surface area contributed by atoms with Gasteiger partial charge in [-0.2, -0.15) is 0 Å². The molecule has 0 atom stereocenters. The van der Waals surface area contributed by atoms with Gasteiger partial charge in [0.05, 0.1) is 20.6 Å². The highest BCUT2D eigenvalue weighted by atomic mass is 19.4. The van der Waals surface area contributed by atoms with Crippen molar-refractivity contribution in [3.05, 3.63) is 17.3 Å². The summed E-state index contributed by atoms with van der Waals surface area (Å²) in [6.45, 7) is 1.38. The number of halogens is 3. The molecule has 0 aliphatic heterocycles. The van der Waals surface area contributed by atoms with E-state index in [0.29, 0.717) is 0 Å². The minimum Gasteiger partial charge on any atom is -0.478 e. The molecule has 1 aromatic heterocycles. The van der Waals surface area contributed by atoms with Crippen LogP contribution < -0.4 is 9.47 Å². The first-order chi connectivity index (χ1) is 8.78. The molecule has 8 heteroatoms. The minimum atomic E-state index is -4.87. The lowest BCUT2D eigenvalue weighted by Gasteiger charge is -2.16. The maximum absolute atomic E-state index is 12.3. The number of rotatable bonds is 4. The molecular weight excluding hydrogens is 267 g/mol. The van der Waals surface area contributed by atoms with E-state index in [1.54, 1.807) is 0 Å². The Kier molecular flexibility index (Phi) is 4.57. The SMILES string of the molecule is COC(=O)Cc1cnc(OC)c(OC(F)(F)F)c1C. The third-order valence-corrected chi connectivity index (χ3v) is 2.33. The molecule has 0 saturated carbocycles. The number of carbonyl (C=O) groups excluding carboxylic acids is 1. The first kappa shape index (κ1) is 15.1. The third kappa shape index (κ3) is 4.01. The van der Waals surface area contributed by atoms with Crippen LogP contribution in [-0.2, 0) is 16.0 Å². The Morgan fingerprint density at radius 3 is 2.47 bits per heavy atom. The van der Waals surface area contributed by atoms with E-state index in [1.807, 2.05) is 0 Å². The van der Waals surface area contributed by atoms with Crippen LogP contribution in [0.15, 0.2) is 6.20 Å². The van der Waals surface area contributed by atoms with Crippen LogP contribution >= 0.6 is 0 Å². The highest BCUT2D eigenvalue weighted by Crippen LogP contribution is 2.35. The second kappa shape index (κ2) is 5.77. The first-order valence-corrected chi connectivity index (χ1v) is 5.13. The van der Waals surface area contributed by atoms with Gasteiger partial charge in [-0.3, -0.25) is 4.79 Å². The van der Waals surface area contributed by atoms with Crippen LogP contribution in [0, 0.1) is 6.92 Å². The Morgan fingerprint density at radius 1 is 1.37 bits per heavy atom. The first-order valence-electron chi connectivity index (χ1n) is 5.13. The van der Waals surface area contributed by atoms with Crippen molar-refractivity contribution >= 4 is 5.97 Å². The summed E-state index contributed by atoms with van der Waals surface area (Å²) in [5.74, 6) is -1.45. The van der Waals surface area contributed by atoms with Gasteiger partial charge < -0.3 is 14.2 Å². The van der Waals surface area contributed by atoms with Crippen molar-refractivity contribution in [3.63, 3.8) is 0 Å². The quantitative estimate of drug-likeness (QED) is 0.789. The zero-order chi connectivity index (χ0) is 14.6. The number of hydrogen-bond acceptors (Lipinski definition) is 5. The summed E-state index contributed by atoms with van der Waals surface area (Å²) in [6.07, 6.45) is -3.83. The molecule has 106 valence electrons. The number of hydrogen-bond donors (Lipinski definition) is 0. The molecule has 0 bridgehead atoms. The molecule has 1 rings (SSSR count). The Labute approximate surface area is 107 Å². The molecule has 1 aromatic rings. The maximum Gasteiger partial charge on any atom is 0.573 e. The molecule has 0 radical (unpaired) electrons. The summed E-state index contributed by atoms with van der Waals surface area (Å²) in [7, 11) is 2.35. The largest absolute Gasteiger partial charge is 0.573 e. The molecule has 0 aliphatic rings. The van der Waals surface area contributed by atoms with Crippen LogP contribution in [0.3, 0.4) is 0 Å². The summed E-state index contributed by atoms with van der Waals surface area (Å²) in [5, 5.41) is 0. The second-order valence-corrected chi connectivity index (χ2v) is 3.55. The summed E-state index contributed by atoms with van der Waals surface area (Å²) in [6, 6.07) is 0. The Hall–Kier alpha value is -1.99. The molecule has 5 nitrogen and oxygen atoms in total. The van der Waals surface area contributed by atoms with Crippen LogP contribution in [0.5, 0.6) is 11.6 Å². The number of esters is 1. The van der Waals surface area contributed by atoms with Crippen molar-refractivity contribution in [2.24, 2.45) is 0 Å². The van der Waals surface area contributed by atoms with Crippen LogP contribution in [-0.4, -0.2) is 31.5 Å². The van der Waals surface area contributed by atoms with Crippen molar-refractivity contribution in [1.82, 2.24) is 4.98 Å². The normalized spacial score (nSPS) is 11.1. The van der Waals surface area contributed by atoms with Crippen molar-refractivity contribution in [2.75, 3.05) is 14.2 Å². The van der Waals surface area contributed by atoms with Gasteiger partial charge in [-0.15, -0.1) is 13.2 Å². The third-order valence-electron chi connectivity index (χ3n) is 2.33. The van der Waals surface area contributed by atoms with Gasteiger partial charge in [-0.05, 0) is 12.5 Å². The summed E-state index contributed by atoms with van der Waals surface area (Å²) in [4.78, 5) is 14.8. The topological polar surface area (TPSA) is 57.7 Å². The van der Waals surface area contributed by atoms with Gasteiger partial charge in [-0.1, -0.05) is 0 Å². The molecular formula is C11H12F3NO4. The van der Waals surface area contributed by atoms with Crippen LogP contribution in [0.1, 0.15) is 11.1 Å². The van der Waals surface area contributed by atoms with Crippen molar-refractivity contribution in [2.45, 2.75) is 19.7 Å². The average Bonchev–Trinajstić information content (AvgIpc) is 2.32. The molecule has 0 amide bonds. The van der Waals surface area contributed by atoms with Crippen LogP contribution in [0.25, 0.3) is 0 Å². The molecule has 1 heterocycles. The highest BCUT2D eigenvalue weighted by molar-refractivity contribution is 5.73. The van der Waals surface area contributed by atoms with E-state index in [2.05, 4.69) is 14.5 Å². The van der Waals surface area contributed by atoms with E-state index in [1.165, 1.54) is 27.3 Å². The number of alkyl halides is 3. The van der Waals surface area contributed by atoms with Crippen molar-refractivity contribution in [1.29, 1.82) is 0 Å². The number of carbonyl (C=O) groups is 1. The number of aromatic nitrogens is 1. The van der Waals surface area contributed by atoms with Crippen LogP contribution in [0.4, 0.5) is 13.2 Å². The van der Waals surface area contributed by atoms with Crippen molar-refractivity contribution in [3.8, 4) is 11.6 Å². The standard InChI is InChI=1S/C11H12F3NO4/c1-6-7(4-8(16)17-2)5-15-10(18-3)9(6)19-11(12,13)14/h5H,4H2,1-3H3. The Balaban J connectivity index is 3.18. The molecule has 0 aromatic carbocycles. The number of pyridine rings is 1.